The number of amides is 1. The van der Waals surface area contributed by atoms with Crippen LogP contribution in [0.3, 0.4) is 0 Å². The highest BCUT2D eigenvalue weighted by molar-refractivity contribution is 5.73. The van der Waals surface area contributed by atoms with Crippen LogP contribution < -0.4 is 0 Å². The molecule has 1 unspecified atom stereocenters. The molecule has 0 saturated carbocycles. The molecular formula is C15H28N2O2. The third kappa shape index (κ3) is 4.18. The van der Waals surface area contributed by atoms with Gasteiger partial charge in [-0.05, 0) is 38.6 Å². The van der Waals surface area contributed by atoms with Gasteiger partial charge in [-0.3, -0.25) is 9.69 Å². The predicted molar refractivity (Wildman–Crippen MR) is 76.1 cm³/mol. The first kappa shape index (κ1) is 14.8. The smallest absolute Gasteiger partial charge is 0.219 e. The summed E-state index contributed by atoms with van der Waals surface area (Å²) in [5.41, 5.74) is 0. The molecule has 2 saturated heterocycles. The maximum Gasteiger partial charge on any atom is 0.219 e. The van der Waals surface area contributed by atoms with Crippen molar-refractivity contribution in [3.8, 4) is 0 Å². The Morgan fingerprint density at radius 3 is 2.53 bits per heavy atom. The minimum atomic E-state index is 0.220. The average Bonchev–Trinajstić information content (AvgIpc) is 2.46. The SMILES string of the molecule is CCN(CC1CCCCO1)C1CCN(C(C)=O)CC1. The molecule has 0 spiro atoms. The monoisotopic (exact) mass is 268 g/mol. The van der Waals surface area contributed by atoms with Gasteiger partial charge in [0.1, 0.15) is 0 Å². The van der Waals surface area contributed by atoms with Gasteiger partial charge in [0.2, 0.25) is 5.91 Å². The van der Waals surface area contributed by atoms with Crippen LogP contribution in [0.5, 0.6) is 0 Å². The molecule has 19 heavy (non-hydrogen) atoms. The summed E-state index contributed by atoms with van der Waals surface area (Å²) < 4.78 is 5.85. The van der Waals surface area contributed by atoms with Crippen molar-refractivity contribution in [3.05, 3.63) is 0 Å². The lowest BCUT2D eigenvalue weighted by Crippen LogP contribution is -2.48. The molecule has 110 valence electrons. The Labute approximate surface area is 117 Å². The number of carbonyl (C=O) groups excluding carboxylic acids is 1. The van der Waals surface area contributed by atoms with Crippen LogP contribution in [0.4, 0.5) is 0 Å². The van der Waals surface area contributed by atoms with Crippen LogP contribution in [-0.2, 0) is 9.53 Å². The summed E-state index contributed by atoms with van der Waals surface area (Å²) >= 11 is 0. The number of piperidine rings is 1. The predicted octanol–water partition coefficient (Wildman–Crippen LogP) is 1.89. The Bertz CT molecular complexity index is 282. The lowest BCUT2D eigenvalue weighted by Gasteiger charge is -2.39. The summed E-state index contributed by atoms with van der Waals surface area (Å²) in [5, 5.41) is 0. The summed E-state index contributed by atoms with van der Waals surface area (Å²) in [5.74, 6) is 0.220. The fraction of sp³-hybridized carbons (Fsp3) is 0.933. The zero-order valence-corrected chi connectivity index (χ0v) is 12.4. The van der Waals surface area contributed by atoms with E-state index in [4.69, 9.17) is 4.74 Å². The zero-order valence-electron chi connectivity index (χ0n) is 12.4. The van der Waals surface area contributed by atoms with Gasteiger partial charge in [-0.1, -0.05) is 6.92 Å². The van der Waals surface area contributed by atoms with Crippen LogP contribution in [0, 0.1) is 0 Å². The molecule has 1 atom stereocenters. The maximum absolute atomic E-state index is 11.4. The van der Waals surface area contributed by atoms with E-state index in [1.54, 1.807) is 6.92 Å². The molecule has 2 heterocycles. The zero-order chi connectivity index (χ0) is 13.7. The van der Waals surface area contributed by atoms with Gasteiger partial charge in [0, 0.05) is 39.2 Å². The molecule has 4 heteroatoms. The first-order valence-electron chi connectivity index (χ1n) is 7.82. The number of hydrogen-bond acceptors (Lipinski definition) is 3. The van der Waals surface area contributed by atoms with Crippen LogP contribution in [0.25, 0.3) is 0 Å². The summed E-state index contributed by atoms with van der Waals surface area (Å²) in [7, 11) is 0. The molecule has 2 aliphatic rings. The van der Waals surface area contributed by atoms with E-state index in [2.05, 4.69) is 11.8 Å². The van der Waals surface area contributed by atoms with Gasteiger partial charge < -0.3 is 9.64 Å². The fourth-order valence-electron chi connectivity index (χ4n) is 3.30. The largest absolute Gasteiger partial charge is 0.377 e. The van der Waals surface area contributed by atoms with Crippen molar-refractivity contribution in [1.29, 1.82) is 0 Å². The summed E-state index contributed by atoms with van der Waals surface area (Å²) in [4.78, 5) is 15.9. The first-order chi connectivity index (χ1) is 9.20. The quantitative estimate of drug-likeness (QED) is 0.780. The van der Waals surface area contributed by atoms with Gasteiger partial charge in [-0.25, -0.2) is 0 Å². The topological polar surface area (TPSA) is 32.8 Å². The van der Waals surface area contributed by atoms with E-state index in [0.717, 1.165) is 45.6 Å². The van der Waals surface area contributed by atoms with Gasteiger partial charge in [0.25, 0.3) is 0 Å². The Hall–Kier alpha value is -0.610. The van der Waals surface area contributed by atoms with Crippen molar-refractivity contribution in [2.75, 3.05) is 32.8 Å². The third-order valence-corrected chi connectivity index (χ3v) is 4.54. The van der Waals surface area contributed by atoms with Crippen LogP contribution in [0.2, 0.25) is 0 Å². The van der Waals surface area contributed by atoms with Crippen LogP contribution in [-0.4, -0.2) is 60.6 Å². The Morgan fingerprint density at radius 2 is 2.00 bits per heavy atom. The van der Waals surface area contributed by atoms with Crippen LogP contribution in [0.15, 0.2) is 0 Å². The molecule has 2 aliphatic heterocycles. The van der Waals surface area contributed by atoms with E-state index in [1.165, 1.54) is 19.3 Å². The van der Waals surface area contributed by atoms with Crippen LogP contribution in [0.1, 0.15) is 46.0 Å². The van der Waals surface area contributed by atoms with Crippen molar-refractivity contribution in [2.45, 2.75) is 58.1 Å². The number of likely N-dealkylation sites (tertiary alicyclic amines) is 1. The Kier molecular flexibility index (Phi) is 5.64. The molecule has 0 aromatic heterocycles. The molecule has 1 amide bonds. The van der Waals surface area contributed by atoms with E-state index in [1.807, 2.05) is 4.90 Å². The number of nitrogens with zero attached hydrogens (tertiary/aromatic N) is 2. The van der Waals surface area contributed by atoms with Gasteiger partial charge in [0.15, 0.2) is 0 Å². The second-order valence-electron chi connectivity index (χ2n) is 5.81. The van der Waals surface area contributed by atoms with Gasteiger partial charge in [-0.15, -0.1) is 0 Å². The molecular weight excluding hydrogens is 240 g/mol. The molecule has 0 aromatic carbocycles. The standard InChI is InChI=1S/C15H28N2O2/c1-3-16(12-15-6-4-5-11-19-15)14-7-9-17(10-8-14)13(2)18/h14-15H,3-12H2,1-2H3. The molecule has 0 N–H and O–H groups in total. The minimum absolute atomic E-state index is 0.220. The highest BCUT2D eigenvalue weighted by atomic mass is 16.5. The summed E-state index contributed by atoms with van der Waals surface area (Å²) in [6.07, 6.45) is 6.40. The molecule has 0 radical (unpaired) electrons. The summed E-state index contributed by atoms with van der Waals surface area (Å²) in [6.45, 7) is 8.84. The van der Waals surface area contributed by atoms with E-state index in [-0.39, 0.29) is 5.91 Å². The van der Waals surface area contributed by atoms with E-state index in [0.29, 0.717) is 12.1 Å². The third-order valence-electron chi connectivity index (χ3n) is 4.54. The molecule has 2 rings (SSSR count). The first-order valence-corrected chi connectivity index (χ1v) is 7.82. The molecule has 0 aliphatic carbocycles. The molecule has 4 nitrogen and oxygen atoms in total. The molecule has 0 aromatic rings. The van der Waals surface area contributed by atoms with Gasteiger partial charge in [0.05, 0.1) is 6.10 Å². The average molecular weight is 268 g/mol. The van der Waals surface area contributed by atoms with E-state index in [9.17, 15) is 4.79 Å². The van der Waals surface area contributed by atoms with Crippen molar-refractivity contribution in [2.24, 2.45) is 0 Å². The van der Waals surface area contributed by atoms with Crippen LogP contribution >= 0.6 is 0 Å². The number of hydrogen-bond donors (Lipinski definition) is 0. The van der Waals surface area contributed by atoms with Gasteiger partial charge >= 0.3 is 0 Å². The van der Waals surface area contributed by atoms with E-state index >= 15 is 0 Å². The second kappa shape index (κ2) is 7.25. The lowest BCUT2D eigenvalue weighted by molar-refractivity contribution is -0.130. The molecule has 2 fully saturated rings. The summed E-state index contributed by atoms with van der Waals surface area (Å²) in [6, 6.07) is 0.631. The minimum Gasteiger partial charge on any atom is -0.377 e. The maximum atomic E-state index is 11.4. The Balaban J connectivity index is 1.79. The highest BCUT2D eigenvalue weighted by Crippen LogP contribution is 2.20. The number of ether oxygens (including phenoxy) is 1. The van der Waals surface area contributed by atoms with Crippen molar-refractivity contribution >= 4 is 5.91 Å². The van der Waals surface area contributed by atoms with E-state index < -0.39 is 0 Å². The lowest BCUT2D eigenvalue weighted by atomic mass is 10.0. The molecule has 0 bridgehead atoms. The fourth-order valence-corrected chi connectivity index (χ4v) is 3.30. The highest BCUT2D eigenvalue weighted by Gasteiger charge is 2.27. The van der Waals surface area contributed by atoms with Crippen molar-refractivity contribution in [1.82, 2.24) is 9.80 Å². The normalized spacial score (nSPS) is 25.8. The second-order valence-corrected chi connectivity index (χ2v) is 5.81. The van der Waals surface area contributed by atoms with Crippen molar-refractivity contribution in [3.63, 3.8) is 0 Å². The number of carbonyl (C=O) groups is 1. The number of likely N-dealkylation sites (N-methyl/N-ethyl adjacent to an activating group) is 1. The number of rotatable bonds is 4. The van der Waals surface area contributed by atoms with Gasteiger partial charge in [-0.2, -0.15) is 0 Å². The Morgan fingerprint density at radius 1 is 1.26 bits per heavy atom. The van der Waals surface area contributed by atoms with Crippen molar-refractivity contribution < 1.29 is 9.53 Å².